The van der Waals surface area contributed by atoms with Gasteiger partial charge in [-0.3, -0.25) is 0 Å². The van der Waals surface area contributed by atoms with Crippen molar-refractivity contribution in [3.8, 4) is 22.5 Å². The standard InChI is InChI=1S/C20H23BN2O4S.C19H16N4O4S2.C19H16N4O2S2.C14H11BrN2O2S.C7H5BrN2.C7H6N2.2C6H12BO2.C5H5ClN2S/c1-14-8-10-15(11-9-14)28(24,25)23-13-17(16-7-6-12-22-18(16)23)21-26-19(2,3)20(4,5)27-21;1-13-5-7-14(8-6-13)29(26,27)23-12-16(15-4-3-10-20-18(15)23)17-9-11-21-19(22-17)28(2,24)25;1-13-5-7-14(8-6-13)27(24,25)23-12-16(15-4-3-10-20-18(15)23)17-9-11-21-19(22-17)26-2;1-10-4-6-11(7-5-10)20(18,19)17-9-13(15)12-3-2-8-16-14(12)17;8-6-4-10-7-5(6)2-1-3-9-7;1-2-6-3-5-9-7(6)8-4-1;2*1-5(2)6(3,4)9-7-8-5;1-9-5-7-3-2-4(6)8-5/h6-13H,1-5H3;3-12H,1-2H3;3-12H,1-2H3;2-9H,1H3;1-4H,(H,9,10);1-5H,(H,8,9);2*1-4H3;2-3H,1H3. The van der Waals surface area contributed by atoms with Crippen molar-refractivity contribution < 1.29 is 70.0 Å². The van der Waals surface area contributed by atoms with Gasteiger partial charge in [0, 0.05) is 157 Å². The van der Waals surface area contributed by atoms with E-state index in [0.717, 1.165) is 69.8 Å². The maximum Gasteiger partial charge on any atom is 0.497 e. The Kier molecular flexibility index (Phi) is 35.3. The van der Waals surface area contributed by atoms with Crippen LogP contribution in [0.15, 0.2) is 331 Å². The van der Waals surface area contributed by atoms with Gasteiger partial charge in [-0.05, 0) is 301 Å². The highest BCUT2D eigenvalue weighted by atomic mass is 79.9. The van der Waals surface area contributed by atoms with Crippen molar-refractivity contribution in [2.24, 2.45) is 0 Å². The molecule has 0 bridgehead atoms. The van der Waals surface area contributed by atoms with Crippen molar-refractivity contribution >= 4 is 211 Å². The third-order valence-electron chi connectivity index (χ3n) is 25.0. The number of halogens is 3. The lowest BCUT2D eigenvalue weighted by molar-refractivity contribution is 0.00578. The second-order valence-corrected chi connectivity index (χ2v) is 50.0. The number of hydrogen-bond acceptors (Lipinski definition) is 30. The smallest absolute Gasteiger partial charge is 0.405 e. The number of H-pyrrole nitrogens is 2. The quantitative estimate of drug-likeness (QED) is 0.0442. The SMILES string of the molecule is Brc1c[nH]c2ncccc12.CC1(C)O[B]OC1(C)C.CC1(C)O[B]OC1(C)C.CSc1nccc(-c2cn(S(=O)(=O)c3ccc(C)cc3)c3ncccc23)n1.CSc1nccc(Cl)n1.Cc1ccc(S(=O)(=O)n2cc(-c3ccnc(S(C)(=O)=O)n3)c3cccnc32)cc1.Cc1ccc(S(=O)(=O)n2cc(B3OC(C)(C)C(C)(C)O3)c3cccnc32)cc1.Cc1ccc(S(=O)(=O)n2cc(Br)c3cccnc32)cc1.c1cnc2[nH]ccc2c1. The van der Waals surface area contributed by atoms with Gasteiger partial charge in [-0.2, -0.15) is 0 Å². The van der Waals surface area contributed by atoms with Gasteiger partial charge in [0.2, 0.25) is 15.0 Å². The Morgan fingerprint density at radius 1 is 0.353 bits per heavy atom. The van der Waals surface area contributed by atoms with Crippen molar-refractivity contribution in [2.75, 3.05) is 18.8 Å². The van der Waals surface area contributed by atoms with Crippen LogP contribution < -0.4 is 5.46 Å². The largest absolute Gasteiger partial charge is 0.497 e. The van der Waals surface area contributed by atoms with E-state index in [0.29, 0.717) is 69.9 Å². The third-order valence-corrected chi connectivity index (χ3v) is 35.2. The summed E-state index contributed by atoms with van der Waals surface area (Å²) in [5.74, 6) is 0. The zero-order valence-corrected chi connectivity index (χ0v) is 94.7. The lowest BCUT2D eigenvalue weighted by Crippen LogP contribution is -2.41. The Labute approximate surface area is 903 Å². The first-order valence-corrected chi connectivity index (χ1v) is 58.2. The first-order valence-electron chi connectivity index (χ1n) is 46.2. The number of aryl methyl sites for hydroxylation is 4. The summed E-state index contributed by atoms with van der Waals surface area (Å²) in [6.45, 7) is 31.6. The normalized spacial score (nSPS) is 15.0. The van der Waals surface area contributed by atoms with E-state index in [1.54, 1.807) is 183 Å². The van der Waals surface area contributed by atoms with E-state index < -0.39 is 68.3 Å². The summed E-state index contributed by atoms with van der Waals surface area (Å²) in [6.07, 6.45) is 29.1. The number of rotatable bonds is 14. The van der Waals surface area contributed by atoms with Crippen molar-refractivity contribution in [1.82, 2.24) is 85.7 Å². The number of thioether (sulfide) groups is 2. The van der Waals surface area contributed by atoms with E-state index in [1.807, 2.05) is 184 Å². The fourth-order valence-corrected chi connectivity index (χ4v) is 22.1. The maximum absolute atomic E-state index is 13.3. The Balaban J connectivity index is 0.000000138. The first kappa shape index (κ1) is 114. The average Bonchev–Trinajstić information content (AvgIpc) is 1.59. The monoisotopic (exact) mass is 2300 g/mol. The summed E-state index contributed by atoms with van der Waals surface area (Å²) in [7, 11) is -16.6. The highest BCUT2D eigenvalue weighted by Crippen LogP contribution is 2.41. The van der Waals surface area contributed by atoms with Crippen LogP contribution in [0.1, 0.15) is 105 Å². The average molecular weight is 2300 g/mol. The van der Waals surface area contributed by atoms with Crippen LogP contribution in [0.4, 0.5) is 0 Å². The molecule has 0 unspecified atom stereocenters. The Bertz CT molecular complexity index is 8590. The van der Waals surface area contributed by atoms with Gasteiger partial charge in [0.15, 0.2) is 32.9 Å². The molecule has 150 heavy (non-hydrogen) atoms. The predicted octanol–water partition coefficient (Wildman–Crippen LogP) is 20.4. The molecule has 3 aliphatic rings. The summed E-state index contributed by atoms with van der Waals surface area (Å²) in [4.78, 5) is 56.5. The molecule has 18 heterocycles. The number of fused-ring (bicyclic) bond motifs is 6. The third kappa shape index (κ3) is 25.8. The molecule has 2 N–H and O–H groups in total. The van der Waals surface area contributed by atoms with Gasteiger partial charge in [-0.1, -0.05) is 106 Å². The predicted molar refractivity (Wildman–Crippen MR) is 595 cm³/mol. The molecule has 22 rings (SSSR count). The van der Waals surface area contributed by atoms with Crippen LogP contribution >= 0.6 is 67.0 Å². The molecule has 3 saturated heterocycles. The maximum atomic E-state index is 13.3. The molecule has 34 nitrogen and oxygen atoms in total. The van der Waals surface area contributed by atoms with Gasteiger partial charge < -0.3 is 37.9 Å². The van der Waals surface area contributed by atoms with Crippen LogP contribution in [0.2, 0.25) is 5.15 Å². The number of nitrogens with zero attached hydrogens (tertiary/aromatic N) is 16. The number of aromatic nitrogens is 18. The minimum atomic E-state index is -3.92. The lowest BCUT2D eigenvalue weighted by Gasteiger charge is -2.32. The zero-order chi connectivity index (χ0) is 108. The van der Waals surface area contributed by atoms with Crippen molar-refractivity contribution in [1.29, 1.82) is 0 Å². The number of sulfone groups is 1. The van der Waals surface area contributed by atoms with Crippen molar-refractivity contribution in [3.63, 3.8) is 0 Å². The van der Waals surface area contributed by atoms with E-state index in [1.165, 1.54) is 93.8 Å². The molecule has 0 amide bonds. The molecule has 0 atom stereocenters. The molecule has 15 aromatic heterocycles. The Morgan fingerprint density at radius 2 is 0.700 bits per heavy atom. The molecule has 4 aromatic carbocycles. The minimum Gasteiger partial charge on any atom is -0.405 e. The summed E-state index contributed by atoms with van der Waals surface area (Å²) >= 11 is 15.2. The van der Waals surface area contributed by atoms with Crippen LogP contribution in [0.3, 0.4) is 0 Å². The number of benzene rings is 4. The first-order chi connectivity index (χ1) is 70.8. The fourth-order valence-electron chi connectivity index (χ4n) is 14.3. The molecule has 2 radical (unpaired) electrons. The zero-order valence-electron chi connectivity index (χ0n) is 85.0. The molecule has 0 saturated carbocycles. The van der Waals surface area contributed by atoms with E-state index in [2.05, 4.69) is 102 Å². The van der Waals surface area contributed by atoms with E-state index >= 15 is 0 Å². The highest BCUT2D eigenvalue weighted by molar-refractivity contribution is 9.11. The van der Waals surface area contributed by atoms with Gasteiger partial charge in [-0.15, -0.1) is 0 Å². The highest BCUT2D eigenvalue weighted by Gasteiger charge is 2.53. The molecule has 3 aliphatic heterocycles. The molecular formula is C103H106B3Br2ClN18O16S7. The molecule has 47 heteroatoms. The van der Waals surface area contributed by atoms with Crippen LogP contribution in [0.5, 0.6) is 0 Å². The Hall–Kier alpha value is -12.1. The summed E-state index contributed by atoms with van der Waals surface area (Å²) < 4.78 is 168. The van der Waals surface area contributed by atoms with Crippen LogP contribution in [-0.2, 0) is 77.9 Å². The number of nitrogens with one attached hydrogen (secondary N) is 2. The van der Waals surface area contributed by atoms with Gasteiger partial charge in [-0.25, -0.2) is 118 Å². The van der Waals surface area contributed by atoms with Gasteiger partial charge in [0.1, 0.15) is 16.4 Å². The second kappa shape index (κ2) is 46.6. The van der Waals surface area contributed by atoms with Crippen LogP contribution in [0.25, 0.3) is 88.7 Å². The lowest BCUT2D eigenvalue weighted by atomic mass is 9.79. The molecular weight excluding hydrogens is 2200 g/mol. The summed E-state index contributed by atoms with van der Waals surface area (Å²) in [5.41, 5.74) is 8.13. The summed E-state index contributed by atoms with van der Waals surface area (Å²) in [6, 6.07) is 55.9. The summed E-state index contributed by atoms with van der Waals surface area (Å²) in [5, 5.41) is 6.50. The second-order valence-electron chi connectivity index (χ2n) is 37.1. The fraction of sp³-hybridized carbons (Fsp3) is 0.243. The molecule has 0 spiro atoms. The van der Waals surface area contributed by atoms with Gasteiger partial charge in [0.25, 0.3) is 40.1 Å². The number of aromatic amines is 2. The molecule has 3 fully saturated rings. The molecule has 776 valence electrons. The van der Waals surface area contributed by atoms with Gasteiger partial charge >= 0.3 is 22.5 Å². The van der Waals surface area contributed by atoms with Crippen LogP contribution in [0, 0.1) is 27.7 Å². The van der Waals surface area contributed by atoms with Gasteiger partial charge in [0.05, 0.1) is 64.6 Å². The number of hydrogen-bond donors (Lipinski definition) is 2. The topological polar surface area (TPSA) is 432 Å². The van der Waals surface area contributed by atoms with Crippen molar-refractivity contribution in [3.05, 3.63) is 323 Å². The van der Waals surface area contributed by atoms with E-state index in [-0.39, 0.29) is 58.5 Å². The Morgan fingerprint density at radius 3 is 1.09 bits per heavy atom. The number of pyridine rings is 6. The van der Waals surface area contributed by atoms with Crippen molar-refractivity contribution in [2.45, 2.75) is 179 Å². The van der Waals surface area contributed by atoms with E-state index in [9.17, 15) is 42.1 Å². The molecule has 0 aliphatic carbocycles. The van der Waals surface area contributed by atoms with E-state index in [4.69, 9.17) is 39.5 Å². The van der Waals surface area contributed by atoms with Crippen LogP contribution in [-0.4, -0.2) is 203 Å². The molecule has 19 aromatic rings. The minimum absolute atomic E-state index is 0.122.